The molecule has 112 valence electrons. The van der Waals surface area contributed by atoms with E-state index in [-0.39, 0.29) is 18.4 Å². The molecule has 1 aromatic heterocycles. The van der Waals surface area contributed by atoms with Gasteiger partial charge >= 0.3 is 0 Å². The zero-order valence-electron chi connectivity index (χ0n) is 11.2. The molecule has 1 aliphatic rings. The molecule has 1 atom stereocenters. The number of likely N-dealkylation sites (N-methyl/N-ethyl adjacent to an activating group) is 1. The molecule has 1 N–H and O–H groups in total. The molecule has 20 heavy (non-hydrogen) atoms. The lowest BCUT2D eigenvalue weighted by Gasteiger charge is -2.28. The smallest absolute Gasteiger partial charge is 0.266 e. The van der Waals surface area contributed by atoms with Crippen LogP contribution in [0.15, 0.2) is 0 Å². The van der Waals surface area contributed by atoms with E-state index < -0.39 is 10.1 Å². The van der Waals surface area contributed by atoms with E-state index in [0.717, 1.165) is 9.06 Å². The minimum absolute atomic E-state index is 0.205. The zero-order chi connectivity index (χ0) is 14.9. The van der Waals surface area contributed by atoms with Gasteiger partial charge in [-0.3, -0.25) is 4.55 Å². The summed E-state index contributed by atoms with van der Waals surface area (Å²) in [4.78, 5) is 1.77. The normalized spacial score (nSPS) is 18.4. The molecule has 0 fully saturated rings. The van der Waals surface area contributed by atoms with Gasteiger partial charge in [0, 0.05) is 13.1 Å². The summed E-state index contributed by atoms with van der Waals surface area (Å²) in [6.07, 6.45) is -0.205. The van der Waals surface area contributed by atoms with Gasteiger partial charge < -0.3 is 14.4 Å². The van der Waals surface area contributed by atoms with Crippen LogP contribution in [0.3, 0.4) is 0 Å². The van der Waals surface area contributed by atoms with Crippen LogP contribution < -0.4 is 18.5 Å². The van der Waals surface area contributed by atoms with E-state index in [1.165, 1.54) is 11.3 Å². The highest BCUT2D eigenvalue weighted by Gasteiger charge is 2.25. The van der Waals surface area contributed by atoms with Gasteiger partial charge in [0.2, 0.25) is 0 Å². The predicted octanol–water partition coefficient (Wildman–Crippen LogP) is -0.472. The fourth-order valence-electron chi connectivity index (χ4n) is 1.94. The maximum absolute atomic E-state index is 10.7. The van der Waals surface area contributed by atoms with Crippen molar-refractivity contribution >= 4 is 34.6 Å². The van der Waals surface area contributed by atoms with Crippen LogP contribution in [0.2, 0.25) is 0 Å². The van der Waals surface area contributed by atoms with Crippen molar-refractivity contribution in [3.63, 3.8) is 0 Å². The second-order valence-electron chi connectivity index (χ2n) is 4.71. The van der Waals surface area contributed by atoms with Crippen LogP contribution in [0.25, 0.3) is 13.2 Å². The summed E-state index contributed by atoms with van der Waals surface area (Å²) in [7, 11) is -2.18. The highest BCUT2D eigenvalue weighted by Crippen LogP contribution is 2.26. The number of fused-ring (bicyclic) bond motifs is 1. The molecule has 8 heteroatoms. The number of hydrogen-bond acceptors (Lipinski definition) is 6. The largest absolute Gasteiger partial charge is 0.484 e. The fraction of sp³-hybridized carbons (Fsp3) is 0.500. The van der Waals surface area contributed by atoms with Crippen LogP contribution in [0.5, 0.6) is 11.5 Å². The van der Waals surface area contributed by atoms with Gasteiger partial charge in [-0.2, -0.15) is 8.42 Å². The Hall–Kier alpha value is -1.09. The molecule has 0 aliphatic carbocycles. The lowest BCUT2D eigenvalue weighted by molar-refractivity contribution is 0.0665. The van der Waals surface area contributed by atoms with E-state index in [1.54, 1.807) is 11.9 Å². The molecule has 0 saturated heterocycles. The number of rotatable bonds is 5. The van der Waals surface area contributed by atoms with E-state index in [2.05, 4.69) is 13.2 Å². The van der Waals surface area contributed by atoms with E-state index in [9.17, 15) is 8.42 Å². The van der Waals surface area contributed by atoms with Crippen molar-refractivity contribution in [2.45, 2.75) is 6.10 Å². The van der Waals surface area contributed by atoms with E-state index in [0.29, 0.717) is 24.7 Å². The summed E-state index contributed by atoms with van der Waals surface area (Å²) in [6.45, 7) is 8.85. The zero-order valence-corrected chi connectivity index (χ0v) is 12.8. The third-order valence-electron chi connectivity index (χ3n) is 2.90. The standard InChI is InChI=1S/C12H17NO5S2/c1-8-11-12(9(2)19-8)18-10(7-17-11)6-13(3)4-5-20(14,15)16/h10H,1-2,4-7H2,3H3,(H,14,15,16). The van der Waals surface area contributed by atoms with Gasteiger partial charge in [0.25, 0.3) is 10.1 Å². The minimum atomic E-state index is -3.94. The first-order valence-electron chi connectivity index (χ1n) is 6.00. The van der Waals surface area contributed by atoms with Crippen LogP contribution in [0.1, 0.15) is 0 Å². The third-order valence-corrected chi connectivity index (χ3v) is 4.47. The van der Waals surface area contributed by atoms with Gasteiger partial charge in [0.05, 0.1) is 14.8 Å². The molecule has 2 heterocycles. The Morgan fingerprint density at radius 2 is 2.05 bits per heavy atom. The third kappa shape index (κ3) is 3.72. The van der Waals surface area contributed by atoms with E-state index in [1.807, 2.05) is 0 Å². The van der Waals surface area contributed by atoms with Gasteiger partial charge in [-0.1, -0.05) is 13.2 Å². The Kier molecular flexibility index (Phi) is 4.38. The molecule has 0 amide bonds. The first-order valence-corrected chi connectivity index (χ1v) is 8.42. The Bertz CT molecular complexity index is 681. The van der Waals surface area contributed by atoms with Gasteiger partial charge in [-0.05, 0) is 7.05 Å². The van der Waals surface area contributed by atoms with Crippen molar-refractivity contribution < 1.29 is 22.4 Å². The van der Waals surface area contributed by atoms with Crippen molar-refractivity contribution in [1.29, 1.82) is 0 Å². The molecule has 0 radical (unpaired) electrons. The summed E-state index contributed by atoms with van der Waals surface area (Å²) in [5.41, 5.74) is 0. The second-order valence-corrected chi connectivity index (χ2v) is 7.47. The molecule has 1 aromatic rings. The molecule has 2 rings (SSSR count). The van der Waals surface area contributed by atoms with Crippen molar-refractivity contribution in [3.05, 3.63) is 9.06 Å². The summed E-state index contributed by atoms with van der Waals surface area (Å²) < 4.78 is 43.1. The van der Waals surface area contributed by atoms with Gasteiger partial charge in [0.15, 0.2) is 11.5 Å². The molecule has 0 aromatic carbocycles. The first kappa shape index (κ1) is 15.3. The molecular weight excluding hydrogens is 302 g/mol. The Morgan fingerprint density at radius 1 is 1.40 bits per heavy atom. The Morgan fingerprint density at radius 3 is 2.70 bits per heavy atom. The number of thiophene rings is 1. The maximum atomic E-state index is 10.7. The maximum Gasteiger partial charge on any atom is 0.266 e. The number of hydrogen-bond donors (Lipinski definition) is 1. The highest BCUT2D eigenvalue weighted by molar-refractivity contribution is 7.85. The fourth-order valence-corrected chi connectivity index (χ4v) is 3.25. The molecule has 1 unspecified atom stereocenters. The first-order chi connectivity index (χ1) is 9.26. The summed E-state index contributed by atoms with van der Waals surface area (Å²) >= 11 is 1.42. The van der Waals surface area contributed by atoms with Gasteiger partial charge in [0.1, 0.15) is 12.7 Å². The highest BCUT2D eigenvalue weighted by atomic mass is 32.2. The summed E-state index contributed by atoms with van der Waals surface area (Å²) in [5, 5.41) is 0. The van der Waals surface area contributed by atoms with Crippen LogP contribution in [-0.4, -0.2) is 56.5 Å². The lowest BCUT2D eigenvalue weighted by atomic mass is 10.3. The van der Waals surface area contributed by atoms with Crippen LogP contribution >= 0.6 is 11.3 Å². The topological polar surface area (TPSA) is 76.1 Å². The monoisotopic (exact) mass is 319 g/mol. The number of nitrogens with zero attached hydrogens (tertiary/aromatic N) is 1. The van der Waals surface area contributed by atoms with E-state index >= 15 is 0 Å². The molecule has 6 nitrogen and oxygen atoms in total. The summed E-state index contributed by atoms with van der Waals surface area (Å²) in [5.74, 6) is 0.973. The average Bonchev–Trinajstić information content (AvgIpc) is 2.62. The van der Waals surface area contributed by atoms with Gasteiger partial charge in [-0.25, -0.2) is 0 Å². The second kappa shape index (κ2) is 5.72. The minimum Gasteiger partial charge on any atom is -0.484 e. The molecule has 1 aliphatic heterocycles. The Labute approximate surface area is 121 Å². The molecular formula is C12H17NO5S2. The molecule has 0 bridgehead atoms. The van der Waals surface area contributed by atoms with Crippen molar-refractivity contribution in [1.82, 2.24) is 4.90 Å². The van der Waals surface area contributed by atoms with Crippen molar-refractivity contribution in [3.8, 4) is 11.5 Å². The van der Waals surface area contributed by atoms with Crippen molar-refractivity contribution in [2.24, 2.45) is 0 Å². The lowest BCUT2D eigenvalue weighted by Crippen LogP contribution is -2.41. The quantitative estimate of drug-likeness (QED) is 0.740. The predicted molar refractivity (Wildman–Crippen MR) is 78.4 cm³/mol. The number of ether oxygens (including phenoxy) is 2. The average molecular weight is 319 g/mol. The van der Waals surface area contributed by atoms with Gasteiger partial charge in [-0.15, -0.1) is 11.3 Å². The summed E-state index contributed by atoms with van der Waals surface area (Å²) in [6, 6.07) is 0. The van der Waals surface area contributed by atoms with Crippen LogP contribution in [0.4, 0.5) is 0 Å². The molecule has 0 spiro atoms. The van der Waals surface area contributed by atoms with Crippen LogP contribution in [0, 0.1) is 0 Å². The Balaban J connectivity index is 1.95. The van der Waals surface area contributed by atoms with Crippen molar-refractivity contribution in [2.75, 3.05) is 32.5 Å². The van der Waals surface area contributed by atoms with Crippen LogP contribution in [-0.2, 0) is 10.1 Å². The SMILES string of the molecule is C=c1sc(=C)c2c1OCC(CN(C)CCS(=O)(=O)O)O2. The molecule has 0 saturated carbocycles. The van der Waals surface area contributed by atoms with E-state index in [4.69, 9.17) is 14.0 Å².